The minimum absolute atomic E-state index is 0.0763. The highest BCUT2D eigenvalue weighted by molar-refractivity contribution is 5.92. The van der Waals surface area contributed by atoms with Crippen LogP contribution >= 0.6 is 0 Å². The predicted octanol–water partition coefficient (Wildman–Crippen LogP) is 0.905. The van der Waals surface area contributed by atoms with Gasteiger partial charge in [-0.25, -0.2) is 9.78 Å². The molecule has 3 heterocycles. The molecule has 21 heavy (non-hydrogen) atoms. The zero-order chi connectivity index (χ0) is 14.8. The first-order chi connectivity index (χ1) is 10.2. The topological polar surface area (TPSA) is 75.9 Å². The third kappa shape index (κ3) is 2.54. The second-order valence-electron chi connectivity index (χ2n) is 4.95. The summed E-state index contributed by atoms with van der Waals surface area (Å²) < 4.78 is 6.34. The summed E-state index contributed by atoms with van der Waals surface area (Å²) in [4.78, 5) is 29.6. The van der Waals surface area contributed by atoms with E-state index in [2.05, 4.69) is 15.0 Å². The van der Waals surface area contributed by atoms with Crippen LogP contribution in [0.5, 0.6) is 0 Å². The normalized spacial score (nSPS) is 18.0. The van der Waals surface area contributed by atoms with Crippen molar-refractivity contribution >= 4 is 17.5 Å². The minimum Gasteiger partial charge on any atom is -0.453 e. The van der Waals surface area contributed by atoms with Crippen LogP contribution < -0.4 is 5.32 Å². The van der Waals surface area contributed by atoms with E-state index >= 15 is 0 Å². The lowest BCUT2D eigenvalue weighted by atomic mass is 10.3. The van der Waals surface area contributed by atoms with Gasteiger partial charge in [-0.15, -0.1) is 0 Å². The Bertz CT molecular complexity index is 682. The molecule has 7 heteroatoms. The molecule has 3 rings (SSSR count). The van der Waals surface area contributed by atoms with Gasteiger partial charge in [0.2, 0.25) is 5.82 Å². The first-order valence-electron chi connectivity index (χ1n) is 6.75. The molecule has 1 fully saturated rings. The average molecular weight is 288 g/mol. The van der Waals surface area contributed by atoms with E-state index in [1.165, 1.54) is 7.11 Å². The van der Waals surface area contributed by atoms with E-state index < -0.39 is 6.09 Å². The van der Waals surface area contributed by atoms with Gasteiger partial charge in [0, 0.05) is 19.3 Å². The maximum absolute atomic E-state index is 12.5. The van der Waals surface area contributed by atoms with Crippen molar-refractivity contribution in [3.63, 3.8) is 0 Å². The largest absolute Gasteiger partial charge is 0.453 e. The highest BCUT2D eigenvalue weighted by atomic mass is 16.5. The number of carbonyl (C=O) groups excluding carboxylic acids is 2. The molecule has 0 saturated carbocycles. The van der Waals surface area contributed by atoms with Gasteiger partial charge in [0.15, 0.2) is 0 Å². The summed E-state index contributed by atoms with van der Waals surface area (Å²) >= 11 is 0. The van der Waals surface area contributed by atoms with Crippen LogP contribution in [0.1, 0.15) is 17.0 Å². The van der Waals surface area contributed by atoms with Gasteiger partial charge in [-0.2, -0.15) is 0 Å². The molecule has 2 aromatic rings. The van der Waals surface area contributed by atoms with Crippen LogP contribution in [0, 0.1) is 0 Å². The molecule has 0 radical (unpaired) electrons. The molecule has 1 aliphatic heterocycles. The van der Waals surface area contributed by atoms with Crippen LogP contribution in [-0.2, 0) is 4.74 Å². The number of alkyl carbamates (subject to hydrolysis) is 1. The Morgan fingerprint density at radius 1 is 1.43 bits per heavy atom. The van der Waals surface area contributed by atoms with Crippen LogP contribution in [0.25, 0.3) is 5.52 Å². The maximum atomic E-state index is 12.5. The molecule has 1 saturated heterocycles. The lowest BCUT2D eigenvalue weighted by Gasteiger charge is -2.16. The fourth-order valence-corrected chi connectivity index (χ4v) is 2.53. The predicted molar refractivity (Wildman–Crippen MR) is 75.0 cm³/mol. The van der Waals surface area contributed by atoms with E-state index in [4.69, 9.17) is 0 Å². The molecule has 0 aromatic carbocycles. The van der Waals surface area contributed by atoms with Crippen molar-refractivity contribution in [2.75, 3.05) is 20.2 Å². The second kappa shape index (κ2) is 5.43. The van der Waals surface area contributed by atoms with Gasteiger partial charge in [0.05, 0.1) is 24.9 Å². The zero-order valence-electron chi connectivity index (χ0n) is 11.7. The number of hydrogen-bond donors (Lipinski definition) is 1. The molecule has 1 unspecified atom stereocenters. The third-order valence-corrected chi connectivity index (χ3v) is 3.61. The summed E-state index contributed by atoms with van der Waals surface area (Å²) in [6.45, 7) is 1.06. The Hall–Kier alpha value is -2.57. The number of rotatable bonds is 2. The Labute approximate surface area is 121 Å². The van der Waals surface area contributed by atoms with Crippen LogP contribution in [0.15, 0.2) is 30.6 Å². The number of imidazole rings is 1. The summed E-state index contributed by atoms with van der Waals surface area (Å²) in [5.74, 6) is 0.264. The van der Waals surface area contributed by atoms with E-state index in [9.17, 15) is 9.59 Å². The molecule has 1 N–H and O–H groups in total. The van der Waals surface area contributed by atoms with E-state index in [0.29, 0.717) is 25.3 Å². The first-order valence-corrected chi connectivity index (χ1v) is 6.75. The van der Waals surface area contributed by atoms with Crippen LogP contribution in [-0.4, -0.2) is 52.5 Å². The summed E-state index contributed by atoms with van der Waals surface area (Å²) in [5, 5.41) is 2.71. The number of likely N-dealkylation sites (tertiary alicyclic amines) is 1. The molecule has 2 amide bonds. The smallest absolute Gasteiger partial charge is 0.407 e. The summed E-state index contributed by atoms with van der Waals surface area (Å²) in [5.41, 5.74) is 0.879. The van der Waals surface area contributed by atoms with Crippen molar-refractivity contribution in [1.82, 2.24) is 19.6 Å². The standard InChI is InChI=1S/C14H16N4O3/c1-21-14(20)16-10-5-7-17(9-10)13(19)12-15-8-11-4-2-3-6-18(11)12/h2-4,6,8,10H,5,7,9H2,1H3,(H,16,20). The fraction of sp³-hybridized carbons (Fsp3) is 0.357. The van der Waals surface area contributed by atoms with Crippen molar-refractivity contribution in [2.45, 2.75) is 12.5 Å². The third-order valence-electron chi connectivity index (χ3n) is 3.61. The van der Waals surface area contributed by atoms with E-state index in [1.54, 1.807) is 15.5 Å². The van der Waals surface area contributed by atoms with Gasteiger partial charge in [0.25, 0.3) is 5.91 Å². The molecule has 0 bridgehead atoms. The van der Waals surface area contributed by atoms with Crippen LogP contribution in [0.2, 0.25) is 0 Å². The van der Waals surface area contributed by atoms with Crippen molar-refractivity contribution in [3.8, 4) is 0 Å². The van der Waals surface area contributed by atoms with Crippen molar-refractivity contribution < 1.29 is 14.3 Å². The number of ether oxygens (including phenoxy) is 1. The number of carbonyl (C=O) groups is 2. The number of pyridine rings is 1. The number of nitrogens with zero attached hydrogens (tertiary/aromatic N) is 3. The highest BCUT2D eigenvalue weighted by Crippen LogP contribution is 2.14. The van der Waals surface area contributed by atoms with Gasteiger partial charge >= 0.3 is 6.09 Å². The summed E-state index contributed by atoms with van der Waals surface area (Å²) in [6.07, 6.45) is 3.73. The number of nitrogens with one attached hydrogen (secondary N) is 1. The minimum atomic E-state index is -0.472. The Balaban J connectivity index is 1.73. The Morgan fingerprint density at radius 3 is 3.10 bits per heavy atom. The number of amides is 2. The fourth-order valence-electron chi connectivity index (χ4n) is 2.53. The molecule has 110 valence electrons. The molecule has 0 aliphatic carbocycles. The van der Waals surface area contributed by atoms with Crippen molar-refractivity contribution in [3.05, 3.63) is 36.4 Å². The molecule has 2 aromatic heterocycles. The number of methoxy groups -OCH3 is 1. The second-order valence-corrected chi connectivity index (χ2v) is 4.95. The molecule has 0 spiro atoms. The first kappa shape index (κ1) is 13.4. The highest BCUT2D eigenvalue weighted by Gasteiger charge is 2.29. The lowest BCUT2D eigenvalue weighted by Crippen LogP contribution is -2.38. The van der Waals surface area contributed by atoms with E-state index in [-0.39, 0.29) is 11.9 Å². The lowest BCUT2D eigenvalue weighted by molar-refractivity contribution is 0.0775. The van der Waals surface area contributed by atoms with Gasteiger partial charge in [-0.05, 0) is 18.6 Å². The summed E-state index contributed by atoms with van der Waals surface area (Å²) in [6, 6.07) is 5.58. The number of aromatic nitrogens is 2. The molecule has 1 aliphatic rings. The Kier molecular flexibility index (Phi) is 3.47. The van der Waals surface area contributed by atoms with Crippen LogP contribution in [0.4, 0.5) is 4.79 Å². The zero-order valence-corrected chi connectivity index (χ0v) is 11.7. The van der Waals surface area contributed by atoms with Crippen molar-refractivity contribution in [1.29, 1.82) is 0 Å². The molecular formula is C14H16N4O3. The molecule has 7 nitrogen and oxygen atoms in total. The molecular weight excluding hydrogens is 272 g/mol. The van der Waals surface area contributed by atoms with Gasteiger partial charge in [-0.3, -0.25) is 9.20 Å². The Morgan fingerprint density at radius 2 is 2.29 bits per heavy atom. The van der Waals surface area contributed by atoms with E-state index in [1.807, 2.05) is 24.4 Å². The van der Waals surface area contributed by atoms with Gasteiger partial charge in [-0.1, -0.05) is 6.07 Å². The molecule has 1 atom stereocenters. The monoisotopic (exact) mass is 288 g/mol. The summed E-state index contributed by atoms with van der Waals surface area (Å²) in [7, 11) is 1.32. The van der Waals surface area contributed by atoms with E-state index in [0.717, 1.165) is 5.52 Å². The van der Waals surface area contributed by atoms with Gasteiger partial charge < -0.3 is 15.0 Å². The van der Waals surface area contributed by atoms with Crippen molar-refractivity contribution in [2.24, 2.45) is 0 Å². The average Bonchev–Trinajstić information content (AvgIpc) is 3.13. The number of fused-ring (bicyclic) bond motifs is 1. The quantitative estimate of drug-likeness (QED) is 0.891. The van der Waals surface area contributed by atoms with Gasteiger partial charge in [0.1, 0.15) is 0 Å². The maximum Gasteiger partial charge on any atom is 0.407 e. The SMILES string of the molecule is COC(=O)NC1CCN(C(=O)c2ncc3ccccn23)C1. The van der Waals surface area contributed by atoms with Crippen LogP contribution in [0.3, 0.4) is 0 Å². The number of hydrogen-bond acceptors (Lipinski definition) is 4.